The second kappa shape index (κ2) is 7.31. The summed E-state index contributed by atoms with van der Waals surface area (Å²) in [5.41, 5.74) is 6.09. The number of benzene rings is 2. The number of carbonyl (C=O) groups excluding carboxylic acids is 1. The van der Waals surface area contributed by atoms with Crippen molar-refractivity contribution in [1.29, 1.82) is 0 Å². The molecule has 0 aliphatic rings. The average Bonchev–Trinajstić information content (AvgIpc) is 2.49. The Bertz CT molecular complexity index is 811. The lowest BCUT2D eigenvalue weighted by Gasteiger charge is -2.16. The van der Waals surface area contributed by atoms with E-state index < -0.39 is 22.0 Å². The van der Waals surface area contributed by atoms with Gasteiger partial charge in [-0.05, 0) is 30.2 Å². The molecule has 0 unspecified atom stereocenters. The number of primary amides is 1. The van der Waals surface area contributed by atoms with Crippen molar-refractivity contribution < 1.29 is 13.2 Å². The zero-order chi connectivity index (χ0) is 17.0. The minimum atomic E-state index is -4.05. The zero-order valence-electron chi connectivity index (χ0n) is 11.9. The zero-order valence-corrected chi connectivity index (χ0v) is 14.2. The van der Waals surface area contributed by atoms with Crippen molar-refractivity contribution in [2.24, 2.45) is 5.73 Å². The molecular formula is C15H14Cl2N2O3S. The van der Waals surface area contributed by atoms with Gasteiger partial charge in [-0.2, -0.15) is 4.72 Å². The summed E-state index contributed by atoms with van der Waals surface area (Å²) < 4.78 is 27.2. The first-order valence-electron chi connectivity index (χ1n) is 6.60. The van der Waals surface area contributed by atoms with Crippen LogP contribution >= 0.6 is 23.2 Å². The number of hydrogen-bond acceptors (Lipinski definition) is 3. The summed E-state index contributed by atoms with van der Waals surface area (Å²) in [5.74, 6) is -0.782. The van der Waals surface area contributed by atoms with Gasteiger partial charge in [-0.3, -0.25) is 4.79 Å². The van der Waals surface area contributed by atoms with Crippen LogP contribution < -0.4 is 10.5 Å². The molecule has 0 spiro atoms. The van der Waals surface area contributed by atoms with Crippen LogP contribution in [0.3, 0.4) is 0 Å². The van der Waals surface area contributed by atoms with Gasteiger partial charge in [0.2, 0.25) is 15.9 Å². The highest BCUT2D eigenvalue weighted by Gasteiger charge is 2.26. The third-order valence-corrected chi connectivity index (χ3v) is 5.29. The van der Waals surface area contributed by atoms with Gasteiger partial charge in [0.15, 0.2) is 0 Å². The lowest BCUT2D eigenvalue weighted by atomic mass is 10.1. The number of hydrogen-bond donors (Lipinski definition) is 2. The Morgan fingerprint density at radius 2 is 1.78 bits per heavy atom. The molecule has 0 bridgehead atoms. The molecule has 2 aromatic carbocycles. The molecule has 0 aliphatic carbocycles. The normalized spacial score (nSPS) is 12.8. The lowest BCUT2D eigenvalue weighted by molar-refractivity contribution is -0.119. The maximum Gasteiger partial charge on any atom is 0.242 e. The lowest BCUT2D eigenvalue weighted by Crippen LogP contribution is -2.45. The molecule has 0 heterocycles. The standard InChI is InChI=1S/C15H14Cl2N2O3S/c16-11-6-7-12(17)14(9-11)23(21,22)19-13(15(18)20)8-10-4-2-1-3-5-10/h1-7,9,13,19H,8H2,(H2,18,20)/t13-/m1/s1. The molecule has 0 fully saturated rings. The molecule has 0 radical (unpaired) electrons. The first kappa shape index (κ1) is 17.7. The van der Waals surface area contributed by atoms with Crippen LogP contribution in [-0.2, 0) is 21.2 Å². The summed E-state index contributed by atoms with van der Waals surface area (Å²) in [6.45, 7) is 0. The van der Waals surface area contributed by atoms with E-state index in [9.17, 15) is 13.2 Å². The largest absolute Gasteiger partial charge is 0.368 e. The van der Waals surface area contributed by atoms with Crippen LogP contribution in [0.5, 0.6) is 0 Å². The van der Waals surface area contributed by atoms with Gasteiger partial charge in [0, 0.05) is 5.02 Å². The molecule has 23 heavy (non-hydrogen) atoms. The van der Waals surface area contributed by atoms with Gasteiger partial charge in [0.05, 0.1) is 5.02 Å². The Kier molecular flexibility index (Phi) is 5.64. The monoisotopic (exact) mass is 372 g/mol. The summed E-state index contributed by atoms with van der Waals surface area (Å²) in [7, 11) is -4.05. The van der Waals surface area contributed by atoms with Crippen LogP contribution in [0.4, 0.5) is 0 Å². The Morgan fingerprint density at radius 3 is 2.39 bits per heavy atom. The van der Waals surface area contributed by atoms with Crippen LogP contribution in [0, 0.1) is 0 Å². The minimum Gasteiger partial charge on any atom is -0.368 e. The maximum atomic E-state index is 12.4. The van der Waals surface area contributed by atoms with E-state index in [0.29, 0.717) is 0 Å². The molecule has 2 aromatic rings. The Hall–Kier alpha value is -1.60. The highest BCUT2D eigenvalue weighted by molar-refractivity contribution is 7.89. The van der Waals surface area contributed by atoms with Gasteiger partial charge in [0.1, 0.15) is 10.9 Å². The van der Waals surface area contributed by atoms with Crippen molar-refractivity contribution in [2.75, 3.05) is 0 Å². The van der Waals surface area contributed by atoms with Crippen molar-refractivity contribution in [1.82, 2.24) is 4.72 Å². The fourth-order valence-electron chi connectivity index (χ4n) is 1.98. The molecule has 5 nitrogen and oxygen atoms in total. The molecule has 0 aromatic heterocycles. The van der Waals surface area contributed by atoms with E-state index in [1.165, 1.54) is 18.2 Å². The Labute approximate surface area is 144 Å². The van der Waals surface area contributed by atoms with Crippen LogP contribution in [0.2, 0.25) is 10.0 Å². The quantitative estimate of drug-likeness (QED) is 0.815. The Morgan fingerprint density at radius 1 is 1.13 bits per heavy atom. The number of nitrogens with two attached hydrogens (primary N) is 1. The first-order chi connectivity index (χ1) is 10.8. The molecule has 0 aliphatic heterocycles. The topological polar surface area (TPSA) is 89.3 Å². The number of sulfonamides is 1. The van der Waals surface area contributed by atoms with E-state index in [1.807, 2.05) is 6.07 Å². The van der Waals surface area contributed by atoms with Gasteiger partial charge in [-0.1, -0.05) is 53.5 Å². The van der Waals surface area contributed by atoms with Gasteiger partial charge in [0.25, 0.3) is 0 Å². The predicted molar refractivity (Wildman–Crippen MR) is 89.9 cm³/mol. The molecule has 0 saturated carbocycles. The van der Waals surface area contributed by atoms with Crippen molar-refractivity contribution in [3.05, 3.63) is 64.1 Å². The van der Waals surface area contributed by atoms with Crippen molar-refractivity contribution >= 4 is 39.1 Å². The van der Waals surface area contributed by atoms with E-state index in [4.69, 9.17) is 28.9 Å². The van der Waals surface area contributed by atoms with E-state index in [0.717, 1.165) is 5.56 Å². The Balaban J connectivity index is 2.28. The van der Waals surface area contributed by atoms with Crippen LogP contribution in [-0.4, -0.2) is 20.4 Å². The summed E-state index contributed by atoms with van der Waals surface area (Å²) in [5, 5.41) is 0.221. The third-order valence-electron chi connectivity index (χ3n) is 3.11. The predicted octanol–water partition coefficient (Wildman–Crippen LogP) is 2.37. The molecule has 122 valence electrons. The average molecular weight is 373 g/mol. The van der Waals surface area contributed by atoms with Crippen molar-refractivity contribution in [3.63, 3.8) is 0 Å². The van der Waals surface area contributed by atoms with Crippen LogP contribution in [0.1, 0.15) is 5.56 Å². The summed E-state index contributed by atoms with van der Waals surface area (Å²) in [6.07, 6.45) is 0.133. The van der Waals surface area contributed by atoms with Crippen molar-refractivity contribution in [2.45, 2.75) is 17.4 Å². The number of rotatable bonds is 6. The van der Waals surface area contributed by atoms with E-state index in [2.05, 4.69) is 4.72 Å². The smallest absolute Gasteiger partial charge is 0.242 e. The molecule has 0 saturated heterocycles. The fourth-order valence-corrected chi connectivity index (χ4v) is 3.95. The fraction of sp³-hybridized carbons (Fsp3) is 0.133. The minimum absolute atomic E-state index is 0.00447. The van der Waals surface area contributed by atoms with E-state index in [1.54, 1.807) is 24.3 Å². The third kappa shape index (κ3) is 4.68. The van der Waals surface area contributed by atoms with Gasteiger partial charge in [-0.15, -0.1) is 0 Å². The van der Waals surface area contributed by atoms with Crippen molar-refractivity contribution in [3.8, 4) is 0 Å². The molecule has 8 heteroatoms. The summed E-state index contributed by atoms with van der Waals surface area (Å²) in [6, 6.07) is 11.9. The highest BCUT2D eigenvalue weighted by atomic mass is 35.5. The van der Waals surface area contributed by atoms with Crippen LogP contribution in [0.25, 0.3) is 0 Å². The summed E-state index contributed by atoms with van der Waals surface area (Å²) >= 11 is 11.7. The highest BCUT2D eigenvalue weighted by Crippen LogP contribution is 2.25. The van der Waals surface area contributed by atoms with E-state index in [-0.39, 0.29) is 21.4 Å². The molecule has 3 N–H and O–H groups in total. The second-order valence-electron chi connectivity index (χ2n) is 4.84. The van der Waals surface area contributed by atoms with Crippen LogP contribution in [0.15, 0.2) is 53.4 Å². The number of halogens is 2. The van der Waals surface area contributed by atoms with E-state index >= 15 is 0 Å². The summed E-state index contributed by atoms with van der Waals surface area (Å²) in [4.78, 5) is 11.4. The second-order valence-corrected chi connectivity index (χ2v) is 7.37. The molecule has 1 amide bonds. The SMILES string of the molecule is NC(=O)[C@@H](Cc1ccccc1)NS(=O)(=O)c1cc(Cl)ccc1Cl. The number of nitrogens with one attached hydrogen (secondary N) is 1. The maximum absolute atomic E-state index is 12.4. The number of carbonyl (C=O) groups is 1. The number of amides is 1. The molecular weight excluding hydrogens is 359 g/mol. The van der Waals surface area contributed by atoms with Gasteiger partial charge < -0.3 is 5.73 Å². The van der Waals surface area contributed by atoms with Gasteiger partial charge in [-0.25, -0.2) is 8.42 Å². The first-order valence-corrected chi connectivity index (χ1v) is 8.84. The van der Waals surface area contributed by atoms with Gasteiger partial charge >= 0.3 is 0 Å². The molecule has 2 rings (SSSR count). The molecule has 1 atom stereocenters.